The molecular formula is C20H26N2O2V. The maximum absolute atomic E-state index is 12.4. The Morgan fingerprint density at radius 1 is 1.36 bits per heavy atom. The van der Waals surface area contributed by atoms with Gasteiger partial charge in [-0.05, 0) is 6.92 Å². The third-order valence-corrected chi connectivity index (χ3v) is 4.23. The molecule has 2 amide bonds. The predicted molar refractivity (Wildman–Crippen MR) is 97.3 cm³/mol. The van der Waals surface area contributed by atoms with E-state index >= 15 is 0 Å². The zero-order valence-corrected chi connectivity index (χ0v) is 16.6. The molecule has 0 bridgehead atoms. The number of carbonyl (C=O) groups excluding carboxylic acids is 2. The molecule has 1 fully saturated rings. The third-order valence-electron chi connectivity index (χ3n) is 4.03. The van der Waals surface area contributed by atoms with Crippen LogP contribution in [-0.4, -0.2) is 33.5 Å². The second-order valence-electron chi connectivity index (χ2n) is 6.12. The summed E-state index contributed by atoms with van der Waals surface area (Å²) in [4.78, 5) is 26.4. The molecule has 0 aromatic heterocycles. The number of hydrogen-bond donors (Lipinski definition) is 1. The summed E-state index contributed by atoms with van der Waals surface area (Å²) in [6.45, 7) is 5.11. The fourth-order valence-corrected chi connectivity index (χ4v) is 2.88. The van der Waals surface area contributed by atoms with Crippen molar-refractivity contribution < 1.29 is 26.6 Å². The van der Waals surface area contributed by atoms with Crippen LogP contribution in [0.5, 0.6) is 0 Å². The summed E-state index contributed by atoms with van der Waals surface area (Å²) in [5.41, 5.74) is 2.26. The summed E-state index contributed by atoms with van der Waals surface area (Å²) in [7, 11) is 0. The maximum atomic E-state index is 12.4. The van der Waals surface area contributed by atoms with Crippen molar-refractivity contribution in [3.8, 4) is 0 Å². The van der Waals surface area contributed by atoms with Crippen molar-refractivity contribution in [1.29, 1.82) is 0 Å². The fourth-order valence-electron chi connectivity index (χ4n) is 2.74. The van der Waals surface area contributed by atoms with E-state index in [-0.39, 0.29) is 31.7 Å². The van der Waals surface area contributed by atoms with Gasteiger partial charge < -0.3 is 7.43 Å². The van der Waals surface area contributed by atoms with Gasteiger partial charge in [-0.3, -0.25) is 0 Å². The molecule has 1 saturated heterocycles. The molecule has 1 atom stereocenters. The number of aryl methyl sites for hydroxylation is 1. The van der Waals surface area contributed by atoms with Crippen molar-refractivity contribution in [2.24, 2.45) is 0 Å². The van der Waals surface area contributed by atoms with Crippen molar-refractivity contribution in [3.05, 3.63) is 55.0 Å². The number of likely N-dealkylation sites (tertiary alicyclic amines) is 1. The van der Waals surface area contributed by atoms with Crippen LogP contribution in [0, 0.1) is 20.4 Å². The van der Waals surface area contributed by atoms with Crippen LogP contribution in [0.25, 0.3) is 0 Å². The van der Waals surface area contributed by atoms with Crippen molar-refractivity contribution >= 4 is 16.0 Å². The molecule has 5 heteroatoms. The molecule has 2 rings (SSSR count). The number of amides is 2. The number of hydrogen-bond acceptors (Lipinski definition) is 2. The van der Waals surface area contributed by atoms with Crippen LogP contribution < -0.4 is 5.32 Å². The van der Waals surface area contributed by atoms with Gasteiger partial charge in [0.05, 0.1) is 0 Å². The van der Waals surface area contributed by atoms with Gasteiger partial charge in [0.25, 0.3) is 0 Å². The van der Waals surface area contributed by atoms with Crippen molar-refractivity contribution in [1.82, 2.24) is 10.2 Å². The van der Waals surface area contributed by atoms with Gasteiger partial charge in [0, 0.05) is 0 Å². The third kappa shape index (κ3) is 6.64. The Kier molecular flexibility index (Phi) is 8.87. The van der Waals surface area contributed by atoms with E-state index < -0.39 is 0 Å². The second-order valence-corrected chi connectivity index (χ2v) is 7.22. The van der Waals surface area contributed by atoms with Crippen molar-refractivity contribution in [3.63, 3.8) is 0 Å². The summed E-state index contributed by atoms with van der Waals surface area (Å²) < 4.78 is 1.05. The van der Waals surface area contributed by atoms with Gasteiger partial charge in [0.1, 0.15) is 0 Å². The van der Waals surface area contributed by atoms with E-state index in [1.54, 1.807) is 11.0 Å². The van der Waals surface area contributed by atoms with Crippen LogP contribution in [0.4, 0.5) is 0 Å². The molecule has 1 aromatic rings. The Morgan fingerprint density at radius 3 is 2.68 bits per heavy atom. The summed E-state index contributed by atoms with van der Waals surface area (Å²) >= 11 is 2.41. The molecule has 0 radical (unpaired) electrons. The van der Waals surface area contributed by atoms with Crippen molar-refractivity contribution in [2.75, 3.05) is 6.54 Å². The van der Waals surface area contributed by atoms with E-state index in [0.717, 1.165) is 22.6 Å². The van der Waals surface area contributed by atoms with Crippen molar-refractivity contribution in [2.45, 2.75) is 45.7 Å². The monoisotopic (exact) mass is 377 g/mol. The number of carbonyl (C=O) groups is 2. The first kappa shape index (κ1) is 21.4. The second kappa shape index (κ2) is 10.4. The Hall–Kier alpha value is -1.65. The average Bonchev–Trinajstić information content (AvgIpc) is 3.03. The van der Waals surface area contributed by atoms with Crippen LogP contribution in [0.1, 0.15) is 37.3 Å². The molecule has 1 N–H and O–H groups in total. The normalized spacial score (nSPS) is 16.6. The van der Waals surface area contributed by atoms with Crippen LogP contribution >= 0.6 is 0 Å². The number of nitrogens with zero attached hydrogens (tertiary/aromatic N) is 1. The topological polar surface area (TPSA) is 49.4 Å². The average molecular weight is 377 g/mol. The quantitative estimate of drug-likeness (QED) is 0.775. The van der Waals surface area contributed by atoms with Gasteiger partial charge in [-0.15, -0.1) is 0 Å². The molecule has 0 saturated carbocycles. The van der Waals surface area contributed by atoms with Crippen LogP contribution in [0.15, 0.2) is 30.3 Å². The minimum absolute atomic E-state index is 0. The Bertz CT molecular complexity index is 638. The molecule has 1 heterocycles. The standard InChI is InChI=1S/C19H23N2O2.CH3.V/c1-3-4-5-8-18(22)21-13-6-7-17(21)19(23)20-14-16-11-9-15(2)10-12-16;;/h4,9-12,17H,6-8,13-14H2,1-2H3,(H,20,23);1H3;/q2*-1;+2. The molecular weight excluding hydrogens is 351 g/mol. The van der Waals surface area contributed by atoms with Crippen LogP contribution in [0.3, 0.4) is 0 Å². The van der Waals surface area contributed by atoms with E-state index in [4.69, 9.17) is 0 Å². The first-order valence-electron chi connectivity index (χ1n) is 8.19. The summed E-state index contributed by atoms with van der Waals surface area (Å²) in [6, 6.07) is 7.72. The molecule has 1 aromatic carbocycles. The predicted octanol–water partition coefficient (Wildman–Crippen LogP) is 2.54. The number of rotatable bonds is 6. The molecule has 1 unspecified atom stereocenters. The Balaban J connectivity index is 0.00000312. The van der Waals surface area contributed by atoms with E-state index in [1.807, 2.05) is 38.1 Å². The molecule has 25 heavy (non-hydrogen) atoms. The molecule has 4 nitrogen and oxygen atoms in total. The van der Waals surface area contributed by atoms with E-state index in [1.165, 1.54) is 5.56 Å². The van der Waals surface area contributed by atoms with Gasteiger partial charge in [0.15, 0.2) is 0 Å². The minimum atomic E-state index is -0.354. The Morgan fingerprint density at radius 2 is 2.04 bits per heavy atom. The first-order valence-corrected chi connectivity index (χ1v) is 8.89. The zero-order chi connectivity index (χ0) is 17.5. The molecule has 0 aliphatic carbocycles. The number of nitrogens with one attached hydrogen (secondary N) is 1. The SMILES string of the molecule is C[C](=[V+2])C=[C-]CC(=O)N1CCCC1C(=O)NCc1ccc(C)cc1.[CH3-]. The van der Waals surface area contributed by atoms with Gasteiger partial charge in [-0.2, -0.15) is 0 Å². The Labute approximate surface area is 160 Å². The first-order chi connectivity index (χ1) is 11.5. The van der Waals surface area contributed by atoms with Crippen LogP contribution in [-0.2, 0) is 33.1 Å². The smallest absolute Gasteiger partial charge is 0.358 e. The summed E-state index contributed by atoms with van der Waals surface area (Å²) in [5, 5.41) is 2.95. The van der Waals surface area contributed by atoms with Gasteiger partial charge in [-0.25, -0.2) is 0 Å². The summed E-state index contributed by atoms with van der Waals surface area (Å²) in [5.74, 6) is -0.103. The van der Waals surface area contributed by atoms with E-state index in [2.05, 4.69) is 28.4 Å². The van der Waals surface area contributed by atoms with E-state index in [0.29, 0.717) is 13.1 Å². The summed E-state index contributed by atoms with van der Waals surface area (Å²) in [6.07, 6.45) is 6.59. The van der Waals surface area contributed by atoms with Gasteiger partial charge in [0.2, 0.25) is 0 Å². The molecule has 133 valence electrons. The van der Waals surface area contributed by atoms with E-state index in [9.17, 15) is 9.59 Å². The minimum Gasteiger partial charge on any atom is -0.358 e. The van der Waals surface area contributed by atoms with Gasteiger partial charge >= 0.3 is 128 Å². The van der Waals surface area contributed by atoms with Crippen LogP contribution in [0.2, 0.25) is 0 Å². The molecule has 1 aliphatic rings. The molecule has 0 spiro atoms. The zero-order valence-electron chi connectivity index (χ0n) is 15.2. The fraction of sp³-hybridized carbons (Fsp3) is 0.400. The number of allylic oxidation sites excluding steroid dienone is 1. The van der Waals surface area contributed by atoms with Gasteiger partial charge in [-0.1, -0.05) is 17.7 Å². The number of benzene rings is 1. The molecule has 1 aliphatic heterocycles.